The maximum atomic E-state index is 13.6. The van der Waals surface area contributed by atoms with Crippen LogP contribution in [-0.4, -0.2) is 72.7 Å². The fourth-order valence-electron chi connectivity index (χ4n) is 4.85. The van der Waals surface area contributed by atoms with Gasteiger partial charge in [0.1, 0.15) is 12.6 Å². The summed E-state index contributed by atoms with van der Waals surface area (Å²) in [6.07, 6.45) is -0.886. The minimum atomic E-state index is -0.996. The van der Waals surface area contributed by atoms with Gasteiger partial charge < -0.3 is 25.0 Å². The minimum absolute atomic E-state index is 0.0271. The molecule has 0 heterocycles. The zero-order valence-electron chi connectivity index (χ0n) is 21.7. The van der Waals surface area contributed by atoms with Crippen LogP contribution in [0.5, 0.6) is 0 Å². The van der Waals surface area contributed by atoms with E-state index in [0.717, 1.165) is 27.8 Å². The number of ether oxygens (including phenoxy) is 1. The number of nitrogens with zero attached hydrogens (tertiary/aromatic N) is 2. The van der Waals surface area contributed by atoms with Crippen molar-refractivity contribution in [1.82, 2.24) is 15.1 Å². The molecule has 3 aromatic carbocycles. The Balaban J connectivity index is 1.46. The number of likely N-dealkylation sites (N-methyl/N-ethyl adjacent to an activating group) is 1. The molecule has 0 aliphatic heterocycles. The Morgan fingerprint density at radius 2 is 1.47 bits per heavy atom. The van der Waals surface area contributed by atoms with Gasteiger partial charge in [0.25, 0.3) is 0 Å². The molecular weight excluding hydrogens is 482 g/mol. The van der Waals surface area contributed by atoms with Gasteiger partial charge in [0.05, 0.1) is 6.42 Å². The molecule has 2 N–H and O–H groups in total. The number of rotatable bonds is 11. The Morgan fingerprint density at radius 1 is 0.895 bits per heavy atom. The second-order valence-corrected chi connectivity index (χ2v) is 9.67. The first-order chi connectivity index (χ1) is 18.3. The molecule has 0 spiro atoms. The molecule has 4 rings (SSSR count). The van der Waals surface area contributed by atoms with Gasteiger partial charge >= 0.3 is 12.1 Å². The monoisotopic (exact) mass is 515 g/mol. The zero-order chi connectivity index (χ0) is 27.1. The highest BCUT2D eigenvalue weighted by molar-refractivity contribution is 5.86. The van der Waals surface area contributed by atoms with Crippen LogP contribution in [0.15, 0.2) is 78.9 Å². The summed E-state index contributed by atoms with van der Waals surface area (Å²) in [6.45, 7) is 0.638. The van der Waals surface area contributed by atoms with Gasteiger partial charge in [0.15, 0.2) is 0 Å². The molecule has 1 atom stereocenters. The zero-order valence-corrected chi connectivity index (χ0v) is 21.7. The van der Waals surface area contributed by atoms with E-state index in [2.05, 4.69) is 17.4 Å². The van der Waals surface area contributed by atoms with E-state index in [1.807, 2.05) is 66.7 Å². The van der Waals surface area contributed by atoms with Crippen molar-refractivity contribution in [3.05, 3.63) is 95.6 Å². The van der Waals surface area contributed by atoms with Gasteiger partial charge in [0, 0.05) is 25.6 Å². The third kappa shape index (κ3) is 6.58. The molecule has 0 saturated carbocycles. The van der Waals surface area contributed by atoms with Gasteiger partial charge in [0.2, 0.25) is 5.91 Å². The van der Waals surface area contributed by atoms with Crippen LogP contribution < -0.4 is 5.32 Å². The Hall–Kier alpha value is -4.17. The number of aliphatic carboxylic acids is 1. The van der Waals surface area contributed by atoms with E-state index in [1.165, 1.54) is 4.90 Å². The molecular formula is C30H33N3O5. The van der Waals surface area contributed by atoms with Gasteiger partial charge in [-0.3, -0.25) is 9.59 Å². The molecule has 3 aromatic rings. The first kappa shape index (κ1) is 26.9. The Bertz CT molecular complexity index is 1230. The third-order valence-electron chi connectivity index (χ3n) is 6.61. The highest BCUT2D eigenvalue weighted by Gasteiger charge is 2.31. The fraction of sp³-hybridized carbons (Fsp3) is 0.300. The molecule has 0 fully saturated rings. The van der Waals surface area contributed by atoms with Crippen LogP contribution in [0.25, 0.3) is 11.1 Å². The molecule has 198 valence electrons. The standard InChI is InChI=1S/C30H33N3O5/c1-32(2)19-27(29(36)33(17-16-28(34)35)18-21-10-4-3-5-11-21)31-30(37)38-20-26-24-14-8-6-12-22(24)23-13-7-9-15-25(23)26/h3-15,26-27H,16-20H2,1-2H3,(H,31,37)(H,34,35)/t27-/m0/s1. The van der Waals surface area contributed by atoms with Crippen LogP contribution in [0, 0.1) is 0 Å². The molecule has 0 bridgehead atoms. The molecule has 38 heavy (non-hydrogen) atoms. The second-order valence-electron chi connectivity index (χ2n) is 9.67. The summed E-state index contributed by atoms with van der Waals surface area (Å²) in [5.74, 6) is -1.46. The van der Waals surface area contributed by atoms with Gasteiger partial charge in [-0.1, -0.05) is 78.9 Å². The minimum Gasteiger partial charge on any atom is -0.481 e. The molecule has 0 unspecified atom stereocenters. The van der Waals surface area contributed by atoms with Gasteiger partial charge in [-0.15, -0.1) is 0 Å². The third-order valence-corrected chi connectivity index (χ3v) is 6.61. The fourth-order valence-corrected chi connectivity index (χ4v) is 4.85. The van der Waals surface area contributed by atoms with Crippen LogP contribution in [0.1, 0.15) is 29.0 Å². The predicted octanol–water partition coefficient (Wildman–Crippen LogP) is 3.96. The number of nitrogens with one attached hydrogen (secondary N) is 1. The summed E-state index contributed by atoms with van der Waals surface area (Å²) in [6, 6.07) is 24.6. The number of hydrogen-bond donors (Lipinski definition) is 2. The van der Waals surface area contributed by atoms with E-state index in [4.69, 9.17) is 4.74 Å². The predicted molar refractivity (Wildman–Crippen MR) is 145 cm³/mol. The normalized spacial score (nSPS) is 12.9. The summed E-state index contributed by atoms with van der Waals surface area (Å²) >= 11 is 0. The number of carbonyl (C=O) groups excluding carboxylic acids is 2. The van der Waals surface area contributed by atoms with Crippen molar-refractivity contribution in [1.29, 1.82) is 0 Å². The Labute approximate surface area is 222 Å². The van der Waals surface area contributed by atoms with Crippen molar-refractivity contribution in [2.24, 2.45) is 0 Å². The first-order valence-electron chi connectivity index (χ1n) is 12.6. The SMILES string of the molecule is CN(C)C[C@H](NC(=O)OCC1c2ccccc2-c2ccccc21)C(=O)N(CCC(=O)O)Cc1ccccc1. The largest absolute Gasteiger partial charge is 0.481 e. The van der Waals surface area contributed by atoms with Crippen molar-refractivity contribution in [2.75, 3.05) is 33.8 Å². The maximum Gasteiger partial charge on any atom is 0.407 e. The summed E-state index contributed by atoms with van der Waals surface area (Å²) in [5.41, 5.74) is 5.34. The molecule has 0 aromatic heterocycles. The summed E-state index contributed by atoms with van der Waals surface area (Å²) in [5, 5.41) is 11.9. The molecule has 0 radical (unpaired) electrons. The smallest absolute Gasteiger partial charge is 0.407 e. The average molecular weight is 516 g/mol. The highest BCUT2D eigenvalue weighted by atomic mass is 16.5. The van der Waals surface area contributed by atoms with Crippen molar-refractivity contribution >= 4 is 18.0 Å². The number of carboxylic acids is 1. The van der Waals surface area contributed by atoms with E-state index >= 15 is 0 Å². The van der Waals surface area contributed by atoms with E-state index in [-0.39, 0.29) is 44.5 Å². The maximum absolute atomic E-state index is 13.6. The lowest BCUT2D eigenvalue weighted by molar-refractivity contribution is -0.139. The molecule has 0 saturated heterocycles. The van der Waals surface area contributed by atoms with Crippen LogP contribution >= 0.6 is 0 Å². The lowest BCUT2D eigenvalue weighted by Crippen LogP contribution is -2.53. The number of carbonyl (C=O) groups is 3. The first-order valence-corrected chi connectivity index (χ1v) is 12.6. The van der Waals surface area contributed by atoms with Crippen molar-refractivity contribution in [2.45, 2.75) is 24.9 Å². The number of fused-ring (bicyclic) bond motifs is 3. The highest BCUT2D eigenvalue weighted by Crippen LogP contribution is 2.44. The van der Waals surface area contributed by atoms with Crippen molar-refractivity contribution in [3.8, 4) is 11.1 Å². The quantitative estimate of drug-likeness (QED) is 0.401. The van der Waals surface area contributed by atoms with Gasteiger partial charge in [-0.2, -0.15) is 0 Å². The number of carboxylic acid groups (broad SMARTS) is 1. The van der Waals surface area contributed by atoms with Crippen LogP contribution in [0.3, 0.4) is 0 Å². The van der Waals surface area contributed by atoms with E-state index in [0.29, 0.717) is 0 Å². The topological polar surface area (TPSA) is 99.2 Å². The molecule has 1 aliphatic carbocycles. The lowest BCUT2D eigenvalue weighted by Gasteiger charge is -2.29. The van der Waals surface area contributed by atoms with Crippen LogP contribution in [0.2, 0.25) is 0 Å². The van der Waals surface area contributed by atoms with E-state index in [9.17, 15) is 19.5 Å². The summed E-state index contributed by atoms with van der Waals surface area (Å²) in [4.78, 5) is 41.0. The number of hydrogen-bond acceptors (Lipinski definition) is 5. The Kier molecular flexibility index (Phi) is 8.76. The van der Waals surface area contributed by atoms with Gasteiger partial charge in [-0.25, -0.2) is 4.79 Å². The van der Waals surface area contributed by atoms with E-state index < -0.39 is 18.1 Å². The van der Waals surface area contributed by atoms with Gasteiger partial charge in [-0.05, 0) is 41.9 Å². The molecule has 2 amide bonds. The van der Waals surface area contributed by atoms with Crippen LogP contribution in [0.4, 0.5) is 4.79 Å². The number of benzene rings is 3. The average Bonchev–Trinajstić information content (AvgIpc) is 3.23. The van der Waals surface area contributed by atoms with E-state index in [1.54, 1.807) is 19.0 Å². The van der Waals surface area contributed by atoms with Crippen LogP contribution in [-0.2, 0) is 20.9 Å². The van der Waals surface area contributed by atoms with Crippen molar-refractivity contribution < 1.29 is 24.2 Å². The summed E-state index contributed by atoms with van der Waals surface area (Å²) in [7, 11) is 3.61. The number of alkyl carbamates (subject to hydrolysis) is 1. The summed E-state index contributed by atoms with van der Waals surface area (Å²) < 4.78 is 5.66. The Morgan fingerprint density at radius 3 is 2.05 bits per heavy atom. The molecule has 1 aliphatic rings. The molecule has 8 heteroatoms. The lowest BCUT2D eigenvalue weighted by atomic mass is 9.98. The van der Waals surface area contributed by atoms with Crippen molar-refractivity contribution in [3.63, 3.8) is 0 Å². The molecule has 8 nitrogen and oxygen atoms in total. The number of amides is 2. The second kappa shape index (κ2) is 12.4.